The van der Waals surface area contributed by atoms with Crippen LogP contribution in [0.1, 0.15) is 105 Å². The minimum atomic E-state index is 0.634. The second-order valence-corrected chi connectivity index (χ2v) is 12.5. The summed E-state index contributed by atoms with van der Waals surface area (Å²) >= 11 is 0. The van der Waals surface area contributed by atoms with Crippen LogP contribution in [0.5, 0.6) is 0 Å². The molecule has 1 heteroatoms. The Morgan fingerprint density at radius 2 is 1.57 bits per heavy atom. The molecule has 0 amide bonds. The van der Waals surface area contributed by atoms with Crippen LogP contribution in [-0.2, 0) is 0 Å². The van der Waals surface area contributed by atoms with Crippen LogP contribution < -0.4 is 5.32 Å². The van der Waals surface area contributed by atoms with Crippen molar-refractivity contribution >= 4 is 0 Å². The fourth-order valence-corrected chi connectivity index (χ4v) is 9.18. The van der Waals surface area contributed by atoms with E-state index in [9.17, 15) is 0 Å². The van der Waals surface area contributed by atoms with Crippen molar-refractivity contribution in [2.75, 3.05) is 13.1 Å². The predicted molar refractivity (Wildman–Crippen MR) is 121 cm³/mol. The summed E-state index contributed by atoms with van der Waals surface area (Å²) in [7, 11) is 0. The second-order valence-electron chi connectivity index (χ2n) is 12.5. The first-order chi connectivity index (χ1) is 13.4. The number of hydrogen-bond acceptors (Lipinski definition) is 1. The highest BCUT2D eigenvalue weighted by Crippen LogP contribution is 2.67. The lowest BCUT2D eigenvalue weighted by Gasteiger charge is -2.59. The maximum atomic E-state index is 3.73. The van der Waals surface area contributed by atoms with Gasteiger partial charge >= 0.3 is 0 Å². The van der Waals surface area contributed by atoms with Gasteiger partial charge in [0.15, 0.2) is 0 Å². The van der Waals surface area contributed by atoms with Crippen LogP contribution in [0.25, 0.3) is 0 Å². The zero-order valence-corrected chi connectivity index (χ0v) is 19.7. The van der Waals surface area contributed by atoms with Crippen molar-refractivity contribution in [3.63, 3.8) is 0 Å². The van der Waals surface area contributed by atoms with E-state index in [1.807, 2.05) is 0 Å². The molecule has 3 aliphatic carbocycles. The first-order valence-corrected chi connectivity index (χ1v) is 13.1. The molecule has 1 saturated heterocycles. The minimum Gasteiger partial charge on any atom is -0.317 e. The van der Waals surface area contributed by atoms with Crippen molar-refractivity contribution in [3.8, 4) is 0 Å². The van der Waals surface area contributed by atoms with Crippen LogP contribution in [0.4, 0.5) is 0 Å². The van der Waals surface area contributed by atoms with E-state index < -0.39 is 0 Å². The normalized spacial score (nSPS) is 47.1. The molecule has 162 valence electrons. The van der Waals surface area contributed by atoms with Gasteiger partial charge in [-0.15, -0.1) is 0 Å². The van der Waals surface area contributed by atoms with Crippen molar-refractivity contribution in [2.45, 2.75) is 105 Å². The van der Waals surface area contributed by atoms with Gasteiger partial charge in [-0.25, -0.2) is 0 Å². The summed E-state index contributed by atoms with van der Waals surface area (Å²) in [6, 6.07) is 0. The van der Waals surface area contributed by atoms with Gasteiger partial charge in [0, 0.05) is 0 Å². The smallest absolute Gasteiger partial charge is 0.00435 e. The number of hydrogen-bond donors (Lipinski definition) is 1. The Morgan fingerprint density at radius 1 is 0.786 bits per heavy atom. The van der Waals surface area contributed by atoms with Crippen molar-refractivity contribution < 1.29 is 0 Å². The number of fused-ring (bicyclic) bond motifs is 5. The van der Waals surface area contributed by atoms with Gasteiger partial charge in [0.2, 0.25) is 0 Å². The highest BCUT2D eigenvalue weighted by molar-refractivity contribution is 5.09. The molecule has 28 heavy (non-hydrogen) atoms. The summed E-state index contributed by atoms with van der Waals surface area (Å²) in [5, 5.41) is 3.73. The second kappa shape index (κ2) is 8.24. The molecule has 8 atom stereocenters. The summed E-state index contributed by atoms with van der Waals surface area (Å²) in [6.07, 6.45) is 16.5. The molecule has 0 unspecified atom stereocenters. The van der Waals surface area contributed by atoms with E-state index in [1.54, 1.807) is 19.3 Å². The third kappa shape index (κ3) is 3.61. The van der Waals surface area contributed by atoms with Crippen molar-refractivity contribution in [3.05, 3.63) is 0 Å². The molecule has 0 spiro atoms. The Bertz CT molecular complexity index is 526. The Balaban J connectivity index is 1.47. The molecule has 4 fully saturated rings. The van der Waals surface area contributed by atoms with Crippen LogP contribution in [0.15, 0.2) is 0 Å². The molecule has 0 aromatic heterocycles. The lowest BCUT2D eigenvalue weighted by molar-refractivity contribution is -0.101. The molecular formula is C27H49N. The molecule has 0 bridgehead atoms. The number of rotatable bonds is 5. The van der Waals surface area contributed by atoms with E-state index in [1.165, 1.54) is 64.5 Å². The van der Waals surface area contributed by atoms with E-state index in [-0.39, 0.29) is 0 Å². The lowest BCUT2D eigenvalue weighted by atomic mass is 9.46. The van der Waals surface area contributed by atoms with E-state index in [2.05, 4.69) is 39.9 Å². The van der Waals surface area contributed by atoms with Crippen LogP contribution in [0, 0.1) is 52.3 Å². The molecule has 4 aliphatic rings. The highest BCUT2D eigenvalue weighted by atomic mass is 14.9. The van der Waals surface area contributed by atoms with Crippen molar-refractivity contribution in [1.29, 1.82) is 0 Å². The topological polar surface area (TPSA) is 12.0 Å². The summed E-state index contributed by atoms with van der Waals surface area (Å²) in [6.45, 7) is 15.4. The zero-order chi connectivity index (χ0) is 19.9. The average Bonchev–Trinajstić information content (AvgIpc) is 2.87. The molecule has 1 heterocycles. The molecule has 1 N–H and O–H groups in total. The van der Waals surface area contributed by atoms with Gasteiger partial charge in [0.25, 0.3) is 0 Å². The molecule has 4 rings (SSSR count). The van der Waals surface area contributed by atoms with E-state index >= 15 is 0 Å². The minimum absolute atomic E-state index is 0.634. The van der Waals surface area contributed by atoms with Gasteiger partial charge in [-0.2, -0.15) is 0 Å². The van der Waals surface area contributed by atoms with Crippen LogP contribution in [-0.4, -0.2) is 13.1 Å². The van der Waals surface area contributed by atoms with Gasteiger partial charge in [-0.3, -0.25) is 0 Å². The Kier molecular flexibility index (Phi) is 6.24. The SMILES string of the molecule is CC(C)CCC[C@@H](C)[C@H]1CC[C@H]2[C@@H]3CC[C@H]4CCNCC[C@]4(C)[C@H]3CC[C@]12C. The fraction of sp³-hybridized carbons (Fsp3) is 1.00. The Labute approximate surface area is 176 Å². The maximum Gasteiger partial charge on any atom is -0.00435 e. The molecule has 1 nitrogen and oxygen atoms in total. The van der Waals surface area contributed by atoms with Crippen molar-refractivity contribution in [1.82, 2.24) is 5.32 Å². The van der Waals surface area contributed by atoms with Crippen molar-refractivity contribution in [2.24, 2.45) is 52.3 Å². The molecule has 0 radical (unpaired) electrons. The summed E-state index contributed by atoms with van der Waals surface area (Å²) < 4.78 is 0. The Hall–Kier alpha value is -0.0400. The van der Waals surface area contributed by atoms with Gasteiger partial charge in [-0.05, 0) is 117 Å². The van der Waals surface area contributed by atoms with Crippen LogP contribution in [0.3, 0.4) is 0 Å². The van der Waals surface area contributed by atoms with Gasteiger partial charge < -0.3 is 5.32 Å². The monoisotopic (exact) mass is 387 g/mol. The number of nitrogens with one attached hydrogen (secondary N) is 1. The Morgan fingerprint density at radius 3 is 2.36 bits per heavy atom. The maximum absolute atomic E-state index is 3.73. The van der Waals surface area contributed by atoms with Gasteiger partial charge in [-0.1, -0.05) is 53.9 Å². The van der Waals surface area contributed by atoms with E-state index in [4.69, 9.17) is 0 Å². The summed E-state index contributed by atoms with van der Waals surface area (Å²) in [5.74, 6) is 6.94. The summed E-state index contributed by atoms with van der Waals surface area (Å²) in [4.78, 5) is 0. The molecular weight excluding hydrogens is 338 g/mol. The highest BCUT2D eigenvalue weighted by Gasteiger charge is 2.59. The average molecular weight is 388 g/mol. The molecule has 1 aliphatic heterocycles. The lowest BCUT2D eigenvalue weighted by Crippen LogP contribution is -2.52. The third-order valence-corrected chi connectivity index (χ3v) is 10.8. The first-order valence-electron chi connectivity index (χ1n) is 13.1. The molecule has 0 aromatic carbocycles. The standard InChI is InChI=1S/C27H49N/c1-19(2)7-6-8-20(3)23-11-12-24-22-10-9-21-14-17-28-18-16-26(21,4)25(22)13-15-27(23,24)5/h19-25,28H,6-18H2,1-5H3/t20-,21+,22+,23-,24+,25+,26+,27-/m1/s1. The van der Waals surface area contributed by atoms with Gasteiger partial charge in [0.05, 0.1) is 0 Å². The van der Waals surface area contributed by atoms with Gasteiger partial charge in [0.1, 0.15) is 0 Å². The zero-order valence-electron chi connectivity index (χ0n) is 19.7. The van der Waals surface area contributed by atoms with Crippen LogP contribution >= 0.6 is 0 Å². The van der Waals surface area contributed by atoms with E-state index in [0.29, 0.717) is 10.8 Å². The largest absolute Gasteiger partial charge is 0.317 e. The fourth-order valence-electron chi connectivity index (χ4n) is 9.18. The van der Waals surface area contributed by atoms with E-state index in [0.717, 1.165) is 41.4 Å². The molecule has 3 saturated carbocycles. The van der Waals surface area contributed by atoms with Crippen LogP contribution in [0.2, 0.25) is 0 Å². The summed E-state index contributed by atoms with van der Waals surface area (Å²) in [5.41, 5.74) is 1.29. The molecule has 0 aromatic rings. The quantitative estimate of drug-likeness (QED) is 0.521. The first kappa shape index (κ1) is 21.2. The predicted octanol–water partition coefficient (Wildman–Crippen LogP) is 7.31. The third-order valence-electron chi connectivity index (χ3n) is 10.8.